The van der Waals surface area contributed by atoms with E-state index >= 15 is 0 Å². The Hall–Kier alpha value is -2.96. The third-order valence-electron chi connectivity index (χ3n) is 4.94. The van der Waals surface area contributed by atoms with Gasteiger partial charge in [0.1, 0.15) is 11.8 Å². The first kappa shape index (κ1) is 16.5. The fourth-order valence-corrected chi connectivity index (χ4v) is 3.54. The average Bonchev–Trinajstić information content (AvgIpc) is 3.06. The molecule has 4 rings (SSSR count). The summed E-state index contributed by atoms with van der Waals surface area (Å²) in [4.78, 5) is 25.6. The molecule has 0 aliphatic heterocycles. The minimum absolute atomic E-state index is 0.0324. The summed E-state index contributed by atoms with van der Waals surface area (Å²) in [6.45, 7) is 0. The van der Waals surface area contributed by atoms with E-state index in [-0.39, 0.29) is 18.0 Å². The van der Waals surface area contributed by atoms with Crippen molar-refractivity contribution >= 4 is 22.9 Å². The largest absolute Gasteiger partial charge is 0.363 e. The van der Waals surface area contributed by atoms with Gasteiger partial charge in [0, 0.05) is 24.7 Å². The lowest BCUT2D eigenvalue weighted by molar-refractivity contribution is 0.0924. The molecule has 1 aromatic carbocycles. The number of anilines is 1. The molecule has 0 unspecified atom stereocenters. The van der Waals surface area contributed by atoms with Gasteiger partial charge in [-0.1, -0.05) is 31.0 Å². The van der Waals surface area contributed by atoms with Gasteiger partial charge in [0.2, 0.25) is 0 Å². The lowest BCUT2D eigenvalue weighted by atomic mass is 9.90. The Bertz CT molecular complexity index is 907. The highest BCUT2D eigenvalue weighted by Gasteiger charge is 2.28. The van der Waals surface area contributed by atoms with Crippen LogP contribution in [-0.2, 0) is 7.05 Å². The molecule has 2 aromatic heterocycles. The first-order valence-corrected chi connectivity index (χ1v) is 8.97. The number of imidazole rings is 1. The number of amides is 1. The van der Waals surface area contributed by atoms with Crippen LogP contribution in [0.15, 0.2) is 43.0 Å². The summed E-state index contributed by atoms with van der Waals surface area (Å²) in [6, 6.07) is 9.52. The summed E-state index contributed by atoms with van der Waals surface area (Å²) >= 11 is 0. The fraction of sp³-hybridized carbons (Fsp3) is 0.368. The van der Waals surface area contributed by atoms with Crippen molar-refractivity contribution in [2.45, 2.75) is 37.8 Å². The van der Waals surface area contributed by atoms with Crippen LogP contribution in [0.1, 0.15) is 36.0 Å². The van der Waals surface area contributed by atoms with Gasteiger partial charge in [-0.3, -0.25) is 4.79 Å². The van der Waals surface area contributed by atoms with E-state index in [1.165, 1.54) is 0 Å². The summed E-state index contributed by atoms with van der Waals surface area (Å²) in [6.07, 6.45) is 7.46. The van der Waals surface area contributed by atoms with E-state index in [1.54, 1.807) is 12.7 Å². The van der Waals surface area contributed by atoms with Crippen molar-refractivity contribution in [2.24, 2.45) is 7.05 Å². The Morgan fingerprint density at radius 1 is 1.08 bits per heavy atom. The molecule has 0 radical (unpaired) electrons. The molecule has 3 aromatic rings. The molecule has 2 N–H and O–H groups in total. The number of carbonyl (C=O) groups is 1. The van der Waals surface area contributed by atoms with Crippen molar-refractivity contribution in [3.05, 3.63) is 48.5 Å². The van der Waals surface area contributed by atoms with Crippen molar-refractivity contribution in [2.75, 3.05) is 5.32 Å². The van der Waals surface area contributed by atoms with E-state index in [0.717, 1.165) is 42.7 Å². The van der Waals surface area contributed by atoms with Gasteiger partial charge in [0.05, 0.1) is 6.33 Å². The third-order valence-corrected chi connectivity index (χ3v) is 4.94. The third kappa shape index (κ3) is 3.24. The number of rotatable bonds is 4. The quantitative estimate of drug-likeness (QED) is 0.755. The molecule has 7 nitrogen and oxygen atoms in total. The lowest BCUT2D eigenvalue weighted by Crippen LogP contribution is -2.48. The first-order chi connectivity index (χ1) is 12.7. The van der Waals surface area contributed by atoms with Crippen molar-refractivity contribution < 1.29 is 4.79 Å². The van der Waals surface area contributed by atoms with Gasteiger partial charge in [0.15, 0.2) is 11.5 Å². The van der Waals surface area contributed by atoms with E-state index in [4.69, 9.17) is 0 Å². The lowest BCUT2D eigenvalue weighted by Gasteiger charge is -2.33. The Morgan fingerprint density at radius 2 is 1.85 bits per heavy atom. The number of hydrogen-bond acceptors (Lipinski definition) is 5. The van der Waals surface area contributed by atoms with Crippen molar-refractivity contribution in [1.29, 1.82) is 0 Å². The number of aromatic nitrogens is 4. The first-order valence-electron chi connectivity index (χ1n) is 8.97. The minimum atomic E-state index is -0.0324. The number of nitrogens with one attached hydrogen (secondary N) is 2. The second kappa shape index (κ2) is 7.11. The highest BCUT2D eigenvalue weighted by Crippen LogP contribution is 2.24. The molecule has 0 spiro atoms. The predicted octanol–water partition coefficient (Wildman–Crippen LogP) is 2.52. The Kier molecular flexibility index (Phi) is 4.51. The molecule has 0 bridgehead atoms. The standard InChI is InChI=1S/C19H22N6O/c1-25-12-22-16-17(20-11-21-18(16)25)23-14-9-5-6-10-15(14)24-19(26)13-7-3-2-4-8-13/h2-4,7-8,11-12,14-15H,5-6,9-10H2,1H3,(H,24,26)(H,20,21,23)/t14-,15-/m1/s1. The topological polar surface area (TPSA) is 84.7 Å². The summed E-state index contributed by atoms with van der Waals surface area (Å²) < 4.78 is 1.87. The smallest absolute Gasteiger partial charge is 0.251 e. The molecule has 7 heteroatoms. The van der Waals surface area contributed by atoms with Gasteiger partial charge >= 0.3 is 0 Å². The number of hydrogen-bond donors (Lipinski definition) is 2. The van der Waals surface area contributed by atoms with Crippen LogP contribution >= 0.6 is 0 Å². The summed E-state index contributed by atoms with van der Waals surface area (Å²) in [5, 5.41) is 6.69. The number of fused-ring (bicyclic) bond motifs is 1. The van der Waals surface area contributed by atoms with Crippen molar-refractivity contribution in [3.8, 4) is 0 Å². The van der Waals surface area contributed by atoms with Gasteiger partial charge in [-0.2, -0.15) is 0 Å². The van der Waals surface area contributed by atoms with Crippen LogP contribution in [0.25, 0.3) is 11.2 Å². The summed E-state index contributed by atoms with van der Waals surface area (Å²) in [5.74, 6) is 0.691. The SMILES string of the molecule is Cn1cnc2c(N[C@@H]3CCCC[C@H]3NC(=O)c3ccccc3)ncnc21. The summed E-state index contributed by atoms with van der Waals surface area (Å²) in [5.41, 5.74) is 2.24. The van der Waals surface area contributed by atoms with Gasteiger partial charge in [0.25, 0.3) is 5.91 Å². The van der Waals surface area contributed by atoms with Gasteiger partial charge in [-0.15, -0.1) is 0 Å². The number of carbonyl (C=O) groups excluding carboxylic acids is 1. The molecular weight excluding hydrogens is 328 g/mol. The van der Waals surface area contributed by atoms with Crippen LogP contribution in [-0.4, -0.2) is 37.5 Å². The Morgan fingerprint density at radius 3 is 2.65 bits per heavy atom. The van der Waals surface area contributed by atoms with E-state index in [2.05, 4.69) is 25.6 Å². The molecule has 0 saturated heterocycles. The van der Waals surface area contributed by atoms with Gasteiger partial charge in [-0.25, -0.2) is 15.0 Å². The van der Waals surface area contributed by atoms with Crippen molar-refractivity contribution in [1.82, 2.24) is 24.8 Å². The second-order valence-corrected chi connectivity index (χ2v) is 6.73. The maximum atomic E-state index is 12.5. The second-order valence-electron chi connectivity index (χ2n) is 6.73. The van der Waals surface area contributed by atoms with Crippen LogP contribution in [0.4, 0.5) is 5.82 Å². The minimum Gasteiger partial charge on any atom is -0.363 e. The van der Waals surface area contributed by atoms with E-state index < -0.39 is 0 Å². The number of benzene rings is 1. The van der Waals surface area contributed by atoms with Crippen LogP contribution in [0, 0.1) is 0 Å². The van der Waals surface area contributed by atoms with Crippen molar-refractivity contribution in [3.63, 3.8) is 0 Å². The highest BCUT2D eigenvalue weighted by molar-refractivity contribution is 5.94. The molecule has 2 atom stereocenters. The van der Waals surface area contributed by atoms with Crippen LogP contribution in [0.3, 0.4) is 0 Å². The molecule has 1 fully saturated rings. The number of aryl methyl sites for hydroxylation is 1. The van der Waals surface area contributed by atoms with E-state index in [1.807, 2.05) is 41.9 Å². The van der Waals surface area contributed by atoms with E-state index in [0.29, 0.717) is 5.56 Å². The molecule has 134 valence electrons. The molecular formula is C19H22N6O. The molecule has 2 heterocycles. The highest BCUT2D eigenvalue weighted by atomic mass is 16.1. The fourth-order valence-electron chi connectivity index (χ4n) is 3.54. The molecule has 1 aliphatic rings. The average molecular weight is 350 g/mol. The molecule has 1 amide bonds. The summed E-state index contributed by atoms with van der Waals surface area (Å²) in [7, 11) is 1.91. The van der Waals surface area contributed by atoms with Crippen LogP contribution < -0.4 is 10.6 Å². The van der Waals surface area contributed by atoms with Crippen LogP contribution in [0.2, 0.25) is 0 Å². The zero-order valence-electron chi connectivity index (χ0n) is 14.7. The zero-order chi connectivity index (χ0) is 17.9. The Balaban J connectivity index is 1.53. The van der Waals surface area contributed by atoms with E-state index in [9.17, 15) is 4.79 Å². The maximum absolute atomic E-state index is 12.5. The van der Waals surface area contributed by atoms with Crippen LogP contribution in [0.5, 0.6) is 0 Å². The van der Waals surface area contributed by atoms with Gasteiger partial charge < -0.3 is 15.2 Å². The Labute approximate surface area is 151 Å². The predicted molar refractivity (Wildman–Crippen MR) is 99.9 cm³/mol. The normalized spacial score (nSPS) is 20.0. The monoisotopic (exact) mass is 350 g/mol. The molecule has 1 saturated carbocycles. The zero-order valence-corrected chi connectivity index (χ0v) is 14.7. The van der Waals surface area contributed by atoms with Gasteiger partial charge in [-0.05, 0) is 25.0 Å². The molecule has 1 aliphatic carbocycles. The molecule has 26 heavy (non-hydrogen) atoms. The number of nitrogens with zero attached hydrogens (tertiary/aromatic N) is 4. The maximum Gasteiger partial charge on any atom is 0.251 e.